The Bertz CT molecular complexity index is 642. The van der Waals surface area contributed by atoms with E-state index >= 15 is 0 Å². The highest BCUT2D eigenvalue weighted by Crippen LogP contribution is 2.22. The molecule has 1 N–H and O–H groups in total. The molecule has 4 heteroatoms. The maximum Gasteiger partial charge on any atom is 0.238 e. The zero-order valence-electron chi connectivity index (χ0n) is 13.1. The Morgan fingerprint density at radius 2 is 1.68 bits per heavy atom. The van der Waals surface area contributed by atoms with Crippen LogP contribution in [0.25, 0.3) is 10.8 Å². The van der Waals surface area contributed by atoms with E-state index in [0.717, 1.165) is 49.2 Å². The number of hydrogen-bond donors (Lipinski definition) is 1. The van der Waals surface area contributed by atoms with E-state index in [1.165, 1.54) is 0 Å². The molecular weight excluding hydrogens is 274 g/mol. The van der Waals surface area contributed by atoms with Gasteiger partial charge in [-0.25, -0.2) is 0 Å². The third kappa shape index (κ3) is 3.46. The summed E-state index contributed by atoms with van der Waals surface area (Å²) in [5.74, 6) is 0.0706. The highest BCUT2D eigenvalue weighted by atomic mass is 16.2. The van der Waals surface area contributed by atoms with Gasteiger partial charge in [0.05, 0.1) is 6.54 Å². The van der Waals surface area contributed by atoms with Crippen LogP contribution in [0.5, 0.6) is 0 Å². The number of fused-ring (bicyclic) bond motifs is 1. The van der Waals surface area contributed by atoms with Crippen LogP contribution >= 0.6 is 0 Å². The molecule has 1 saturated heterocycles. The number of nitrogens with zero attached hydrogens (tertiary/aromatic N) is 2. The zero-order valence-corrected chi connectivity index (χ0v) is 13.1. The lowest BCUT2D eigenvalue weighted by Gasteiger charge is -2.33. The summed E-state index contributed by atoms with van der Waals surface area (Å²) in [6.07, 6.45) is 0. The Labute approximate surface area is 131 Å². The number of piperazine rings is 1. The summed E-state index contributed by atoms with van der Waals surface area (Å²) in [6, 6.07) is 14.1. The first-order chi connectivity index (χ1) is 10.8. The Morgan fingerprint density at radius 1 is 1.00 bits per heavy atom. The molecule has 0 saturated carbocycles. The van der Waals surface area contributed by atoms with Gasteiger partial charge < -0.3 is 10.2 Å². The van der Waals surface area contributed by atoms with Gasteiger partial charge in [-0.05, 0) is 18.0 Å². The first-order valence-corrected chi connectivity index (χ1v) is 7.98. The van der Waals surface area contributed by atoms with Crippen molar-refractivity contribution >= 4 is 22.4 Å². The third-order valence-electron chi connectivity index (χ3n) is 4.34. The topological polar surface area (TPSA) is 35.6 Å². The number of anilines is 1. The number of nitrogens with one attached hydrogen (secondary N) is 1. The molecule has 0 spiro atoms. The van der Waals surface area contributed by atoms with Crippen LogP contribution in [0.3, 0.4) is 0 Å². The van der Waals surface area contributed by atoms with Crippen LogP contribution < -0.4 is 5.32 Å². The Balaban J connectivity index is 1.62. The Morgan fingerprint density at radius 3 is 2.45 bits per heavy atom. The average molecular weight is 297 g/mol. The maximum atomic E-state index is 12.3. The quantitative estimate of drug-likeness (QED) is 0.941. The number of carbonyl (C=O) groups is 1. The van der Waals surface area contributed by atoms with E-state index in [0.29, 0.717) is 6.54 Å². The summed E-state index contributed by atoms with van der Waals surface area (Å²) in [7, 11) is 0. The molecule has 1 heterocycles. The summed E-state index contributed by atoms with van der Waals surface area (Å²) >= 11 is 0. The van der Waals surface area contributed by atoms with Gasteiger partial charge in [0.1, 0.15) is 0 Å². The summed E-state index contributed by atoms with van der Waals surface area (Å²) in [6.45, 7) is 7.80. The van der Waals surface area contributed by atoms with Gasteiger partial charge in [-0.1, -0.05) is 43.3 Å². The van der Waals surface area contributed by atoms with Gasteiger partial charge in [0.25, 0.3) is 0 Å². The van der Waals surface area contributed by atoms with Crippen LogP contribution in [-0.4, -0.2) is 55.0 Å². The lowest BCUT2D eigenvalue weighted by atomic mass is 10.1. The smallest absolute Gasteiger partial charge is 0.238 e. The molecule has 3 rings (SSSR count). The first-order valence-electron chi connectivity index (χ1n) is 7.98. The van der Waals surface area contributed by atoms with Crippen molar-refractivity contribution in [2.75, 3.05) is 44.6 Å². The van der Waals surface area contributed by atoms with Gasteiger partial charge in [0.2, 0.25) is 5.91 Å². The van der Waals surface area contributed by atoms with Gasteiger partial charge in [-0.15, -0.1) is 0 Å². The predicted molar refractivity (Wildman–Crippen MR) is 91.1 cm³/mol. The number of carbonyl (C=O) groups excluding carboxylic acids is 1. The molecule has 0 unspecified atom stereocenters. The van der Waals surface area contributed by atoms with Crippen molar-refractivity contribution in [3.05, 3.63) is 42.5 Å². The molecular formula is C18H23N3O. The van der Waals surface area contributed by atoms with E-state index in [1.54, 1.807) is 0 Å². The second kappa shape index (κ2) is 6.90. The lowest BCUT2D eigenvalue weighted by molar-refractivity contribution is -0.117. The summed E-state index contributed by atoms with van der Waals surface area (Å²) in [5.41, 5.74) is 0.898. The molecule has 1 fully saturated rings. The van der Waals surface area contributed by atoms with Crippen molar-refractivity contribution in [1.82, 2.24) is 9.80 Å². The minimum Gasteiger partial charge on any atom is -0.324 e. The lowest BCUT2D eigenvalue weighted by Crippen LogP contribution is -2.48. The number of hydrogen-bond acceptors (Lipinski definition) is 3. The normalized spacial score (nSPS) is 16.8. The average Bonchev–Trinajstić information content (AvgIpc) is 2.56. The fourth-order valence-electron chi connectivity index (χ4n) is 2.99. The van der Waals surface area contributed by atoms with Crippen LogP contribution in [0.15, 0.2) is 42.5 Å². The van der Waals surface area contributed by atoms with Crippen molar-refractivity contribution < 1.29 is 4.79 Å². The number of benzene rings is 2. The molecule has 22 heavy (non-hydrogen) atoms. The highest BCUT2D eigenvalue weighted by molar-refractivity contribution is 6.02. The third-order valence-corrected chi connectivity index (χ3v) is 4.34. The van der Waals surface area contributed by atoms with Gasteiger partial charge in [0.15, 0.2) is 0 Å². The van der Waals surface area contributed by atoms with Gasteiger partial charge in [-0.3, -0.25) is 9.69 Å². The minimum atomic E-state index is 0.0706. The van der Waals surface area contributed by atoms with Crippen LogP contribution in [0.1, 0.15) is 6.92 Å². The molecule has 0 bridgehead atoms. The molecule has 116 valence electrons. The minimum absolute atomic E-state index is 0.0706. The monoisotopic (exact) mass is 297 g/mol. The van der Waals surface area contributed by atoms with Gasteiger partial charge >= 0.3 is 0 Å². The number of likely N-dealkylation sites (N-methyl/N-ethyl adjacent to an activating group) is 1. The standard InChI is InChI=1S/C18H23N3O/c1-2-20-10-12-21(13-11-20)14-18(22)19-17-9-5-7-15-6-3-4-8-16(15)17/h3-9H,2,10-14H2,1H3,(H,19,22). The van der Waals surface area contributed by atoms with Crippen LogP contribution in [-0.2, 0) is 4.79 Å². The summed E-state index contributed by atoms with van der Waals surface area (Å²) < 4.78 is 0. The Kier molecular flexibility index (Phi) is 4.71. The summed E-state index contributed by atoms with van der Waals surface area (Å²) in [4.78, 5) is 17.0. The summed E-state index contributed by atoms with van der Waals surface area (Å²) in [5, 5.41) is 5.30. The molecule has 4 nitrogen and oxygen atoms in total. The molecule has 1 aliphatic heterocycles. The Hall–Kier alpha value is -1.91. The van der Waals surface area contributed by atoms with E-state index in [9.17, 15) is 4.79 Å². The van der Waals surface area contributed by atoms with Gasteiger partial charge in [0, 0.05) is 37.3 Å². The number of amides is 1. The van der Waals surface area contributed by atoms with Crippen molar-refractivity contribution in [2.24, 2.45) is 0 Å². The number of rotatable bonds is 4. The van der Waals surface area contributed by atoms with Crippen LogP contribution in [0, 0.1) is 0 Å². The molecule has 2 aromatic carbocycles. The predicted octanol–water partition coefficient (Wildman–Crippen LogP) is 2.42. The van der Waals surface area contributed by atoms with Crippen LogP contribution in [0.4, 0.5) is 5.69 Å². The van der Waals surface area contributed by atoms with E-state index in [-0.39, 0.29) is 5.91 Å². The fourth-order valence-corrected chi connectivity index (χ4v) is 2.99. The van der Waals surface area contributed by atoms with Crippen LogP contribution in [0.2, 0.25) is 0 Å². The highest BCUT2D eigenvalue weighted by Gasteiger charge is 2.18. The molecule has 1 amide bonds. The fraction of sp³-hybridized carbons (Fsp3) is 0.389. The molecule has 0 aliphatic carbocycles. The zero-order chi connectivity index (χ0) is 15.4. The largest absolute Gasteiger partial charge is 0.324 e. The first kappa shape index (κ1) is 15.0. The van der Waals surface area contributed by atoms with E-state index in [1.807, 2.05) is 30.3 Å². The van der Waals surface area contributed by atoms with Crippen molar-refractivity contribution in [3.63, 3.8) is 0 Å². The molecule has 1 aliphatic rings. The second-order valence-corrected chi connectivity index (χ2v) is 5.79. The second-order valence-electron chi connectivity index (χ2n) is 5.79. The van der Waals surface area contributed by atoms with Crippen molar-refractivity contribution in [1.29, 1.82) is 0 Å². The van der Waals surface area contributed by atoms with Crippen molar-refractivity contribution in [2.45, 2.75) is 6.92 Å². The van der Waals surface area contributed by atoms with E-state index in [4.69, 9.17) is 0 Å². The molecule has 2 aromatic rings. The molecule has 0 radical (unpaired) electrons. The van der Waals surface area contributed by atoms with E-state index < -0.39 is 0 Å². The molecule has 0 aromatic heterocycles. The van der Waals surface area contributed by atoms with Crippen molar-refractivity contribution in [3.8, 4) is 0 Å². The maximum absolute atomic E-state index is 12.3. The van der Waals surface area contributed by atoms with Gasteiger partial charge in [-0.2, -0.15) is 0 Å². The van der Waals surface area contributed by atoms with E-state index in [2.05, 4.69) is 34.2 Å². The molecule has 0 atom stereocenters. The SMILES string of the molecule is CCN1CCN(CC(=O)Nc2cccc3ccccc23)CC1.